The van der Waals surface area contributed by atoms with Gasteiger partial charge in [-0.05, 0) is 61.5 Å². The molecule has 4 heterocycles. The van der Waals surface area contributed by atoms with E-state index >= 15 is 0 Å². The van der Waals surface area contributed by atoms with Crippen molar-refractivity contribution in [3.63, 3.8) is 0 Å². The van der Waals surface area contributed by atoms with Crippen molar-refractivity contribution in [3.8, 4) is 0 Å². The molecule has 2 aliphatic heterocycles. The largest absolute Gasteiger partial charge is 0.387 e. The standard InChI is InChI=1S/C23H27ClN4O2S/c24-17-3-4-18-19(14-17)25-21(26-23(18)28-9-11-30-12-10-28)15-27-7-5-16(6-8-27)22(29)20-2-1-13-31-20/h1-4,13-14,16,22,29H,5-12,15H2/t22-/m1/s1. The molecule has 1 N–H and O–H groups in total. The lowest BCUT2D eigenvalue weighted by Gasteiger charge is -2.34. The van der Waals surface area contributed by atoms with E-state index in [1.165, 1.54) is 0 Å². The van der Waals surface area contributed by atoms with Crippen LogP contribution in [0.2, 0.25) is 5.02 Å². The third-order valence-electron chi connectivity index (χ3n) is 6.27. The van der Waals surface area contributed by atoms with Gasteiger partial charge in [0.25, 0.3) is 0 Å². The molecule has 1 aromatic carbocycles. The summed E-state index contributed by atoms with van der Waals surface area (Å²) in [5.74, 6) is 2.12. The summed E-state index contributed by atoms with van der Waals surface area (Å²) in [5.41, 5.74) is 0.891. The number of halogens is 1. The molecule has 2 aliphatic rings. The highest BCUT2D eigenvalue weighted by atomic mass is 35.5. The van der Waals surface area contributed by atoms with Gasteiger partial charge in [0.05, 0.1) is 31.4 Å². The molecule has 31 heavy (non-hydrogen) atoms. The van der Waals surface area contributed by atoms with Gasteiger partial charge in [0.1, 0.15) is 11.6 Å². The number of anilines is 1. The van der Waals surface area contributed by atoms with Gasteiger partial charge in [0.2, 0.25) is 0 Å². The SMILES string of the molecule is O[C@@H](c1cccs1)C1CCN(Cc2nc(N3CCOCC3)c3ccc(Cl)cc3n2)CC1. The van der Waals surface area contributed by atoms with Crippen LogP contribution in [0.3, 0.4) is 0 Å². The van der Waals surface area contributed by atoms with Crippen molar-refractivity contribution < 1.29 is 9.84 Å². The zero-order valence-electron chi connectivity index (χ0n) is 17.4. The maximum atomic E-state index is 10.7. The third-order valence-corrected chi connectivity index (χ3v) is 7.45. The Balaban J connectivity index is 1.32. The second kappa shape index (κ2) is 9.38. The second-order valence-corrected chi connectivity index (χ2v) is 9.71. The molecule has 164 valence electrons. The van der Waals surface area contributed by atoms with E-state index in [4.69, 9.17) is 26.3 Å². The van der Waals surface area contributed by atoms with Crippen LogP contribution in [0.25, 0.3) is 10.9 Å². The number of hydrogen-bond donors (Lipinski definition) is 1. The van der Waals surface area contributed by atoms with Crippen LogP contribution in [0, 0.1) is 5.92 Å². The van der Waals surface area contributed by atoms with E-state index in [9.17, 15) is 5.11 Å². The van der Waals surface area contributed by atoms with Crippen LogP contribution in [0.4, 0.5) is 5.82 Å². The van der Waals surface area contributed by atoms with Crippen LogP contribution in [0.15, 0.2) is 35.7 Å². The number of likely N-dealkylation sites (tertiary alicyclic amines) is 1. The fraction of sp³-hybridized carbons (Fsp3) is 0.478. The monoisotopic (exact) mass is 458 g/mol. The van der Waals surface area contributed by atoms with E-state index in [-0.39, 0.29) is 6.10 Å². The predicted octanol–water partition coefficient (Wildman–Crippen LogP) is 4.13. The summed E-state index contributed by atoms with van der Waals surface area (Å²) >= 11 is 7.90. The summed E-state index contributed by atoms with van der Waals surface area (Å²) in [6.07, 6.45) is 1.61. The molecule has 1 atom stereocenters. The number of aliphatic hydroxyl groups excluding tert-OH is 1. The zero-order valence-corrected chi connectivity index (χ0v) is 19.0. The fourth-order valence-electron chi connectivity index (χ4n) is 4.54. The van der Waals surface area contributed by atoms with Crippen molar-refractivity contribution in [1.82, 2.24) is 14.9 Å². The average molecular weight is 459 g/mol. The fourth-order valence-corrected chi connectivity index (χ4v) is 5.51. The first-order chi connectivity index (χ1) is 15.2. The number of morpholine rings is 1. The van der Waals surface area contributed by atoms with Gasteiger partial charge in [-0.2, -0.15) is 0 Å². The minimum atomic E-state index is -0.353. The van der Waals surface area contributed by atoms with Crippen molar-refractivity contribution in [2.24, 2.45) is 5.92 Å². The van der Waals surface area contributed by atoms with Crippen molar-refractivity contribution >= 4 is 39.7 Å². The Bertz CT molecular complexity index is 1020. The minimum absolute atomic E-state index is 0.315. The number of thiophene rings is 1. The summed E-state index contributed by atoms with van der Waals surface area (Å²) < 4.78 is 5.53. The summed E-state index contributed by atoms with van der Waals surface area (Å²) in [5, 5.41) is 14.4. The summed E-state index contributed by atoms with van der Waals surface area (Å²) in [6, 6.07) is 9.89. The molecule has 0 unspecified atom stereocenters. The Hall–Kier alpha value is -1.77. The molecule has 2 aromatic heterocycles. The van der Waals surface area contributed by atoms with Crippen LogP contribution >= 0.6 is 22.9 Å². The molecule has 0 bridgehead atoms. The van der Waals surface area contributed by atoms with E-state index in [0.29, 0.717) is 30.7 Å². The smallest absolute Gasteiger partial charge is 0.145 e. The number of piperidine rings is 1. The van der Waals surface area contributed by atoms with E-state index < -0.39 is 0 Å². The predicted molar refractivity (Wildman–Crippen MR) is 125 cm³/mol. The third kappa shape index (κ3) is 4.71. The van der Waals surface area contributed by atoms with E-state index in [1.54, 1.807) is 11.3 Å². The number of hydrogen-bond acceptors (Lipinski definition) is 7. The van der Waals surface area contributed by atoms with Gasteiger partial charge >= 0.3 is 0 Å². The molecule has 5 rings (SSSR count). The van der Waals surface area contributed by atoms with Crippen molar-refractivity contribution in [2.45, 2.75) is 25.5 Å². The lowest BCUT2D eigenvalue weighted by molar-refractivity contribution is 0.0584. The number of benzene rings is 1. The summed E-state index contributed by atoms with van der Waals surface area (Å²) in [4.78, 5) is 15.6. The Labute approximate surface area is 191 Å². The van der Waals surface area contributed by atoms with Crippen molar-refractivity contribution in [1.29, 1.82) is 0 Å². The molecule has 6 nitrogen and oxygen atoms in total. The summed E-state index contributed by atoms with van der Waals surface area (Å²) in [6.45, 7) is 5.69. The Morgan fingerprint density at radius 2 is 1.94 bits per heavy atom. The Morgan fingerprint density at radius 3 is 2.68 bits per heavy atom. The van der Waals surface area contributed by atoms with Gasteiger partial charge in [-0.3, -0.25) is 4.90 Å². The first kappa shape index (κ1) is 21.1. The molecular weight excluding hydrogens is 432 g/mol. The van der Waals surface area contributed by atoms with Gasteiger partial charge in [0, 0.05) is 28.4 Å². The van der Waals surface area contributed by atoms with Crippen molar-refractivity contribution in [2.75, 3.05) is 44.3 Å². The molecule has 0 saturated carbocycles. The van der Waals surface area contributed by atoms with Gasteiger partial charge in [-0.1, -0.05) is 17.7 Å². The number of aromatic nitrogens is 2. The molecule has 8 heteroatoms. The number of fused-ring (bicyclic) bond motifs is 1. The second-order valence-electron chi connectivity index (χ2n) is 8.30. The quantitative estimate of drug-likeness (QED) is 0.620. The number of ether oxygens (including phenoxy) is 1. The van der Waals surface area contributed by atoms with Crippen molar-refractivity contribution in [3.05, 3.63) is 51.4 Å². The maximum absolute atomic E-state index is 10.7. The normalized spacial score (nSPS) is 19.7. The molecular formula is C23H27ClN4O2S. The number of nitrogens with zero attached hydrogens (tertiary/aromatic N) is 4. The van der Waals surface area contributed by atoms with Crippen LogP contribution in [-0.4, -0.2) is 59.4 Å². The molecule has 2 fully saturated rings. The molecule has 0 amide bonds. The molecule has 0 aliphatic carbocycles. The van der Waals surface area contributed by atoms with E-state index in [2.05, 4.69) is 9.80 Å². The van der Waals surface area contributed by atoms with E-state index in [1.807, 2.05) is 35.7 Å². The Morgan fingerprint density at radius 1 is 1.13 bits per heavy atom. The summed E-state index contributed by atoms with van der Waals surface area (Å²) in [7, 11) is 0. The Kier molecular flexibility index (Phi) is 6.39. The zero-order chi connectivity index (χ0) is 21.2. The maximum Gasteiger partial charge on any atom is 0.145 e. The topological polar surface area (TPSA) is 61.7 Å². The number of rotatable bonds is 5. The van der Waals surface area contributed by atoms with Crippen LogP contribution < -0.4 is 4.90 Å². The van der Waals surface area contributed by atoms with Crippen LogP contribution in [-0.2, 0) is 11.3 Å². The van der Waals surface area contributed by atoms with Gasteiger partial charge < -0.3 is 14.7 Å². The van der Waals surface area contributed by atoms with E-state index in [0.717, 1.165) is 66.4 Å². The first-order valence-electron chi connectivity index (χ1n) is 10.9. The molecule has 0 radical (unpaired) electrons. The number of aliphatic hydroxyl groups is 1. The lowest BCUT2D eigenvalue weighted by Crippen LogP contribution is -2.38. The highest BCUT2D eigenvalue weighted by Gasteiger charge is 2.27. The van der Waals surface area contributed by atoms with Crippen LogP contribution in [0.5, 0.6) is 0 Å². The highest BCUT2D eigenvalue weighted by Crippen LogP contribution is 2.33. The average Bonchev–Trinajstić information content (AvgIpc) is 3.34. The van der Waals surface area contributed by atoms with Gasteiger partial charge in [-0.15, -0.1) is 11.3 Å². The molecule has 0 spiro atoms. The van der Waals surface area contributed by atoms with Gasteiger partial charge in [-0.25, -0.2) is 9.97 Å². The lowest BCUT2D eigenvalue weighted by atomic mass is 9.90. The van der Waals surface area contributed by atoms with Crippen LogP contribution in [0.1, 0.15) is 29.6 Å². The van der Waals surface area contributed by atoms with Gasteiger partial charge in [0.15, 0.2) is 0 Å². The molecule has 2 saturated heterocycles. The molecule has 3 aromatic rings. The first-order valence-corrected chi connectivity index (χ1v) is 12.2. The minimum Gasteiger partial charge on any atom is -0.387 e. The highest BCUT2D eigenvalue weighted by molar-refractivity contribution is 7.10.